The lowest BCUT2D eigenvalue weighted by atomic mass is 10.3. The summed E-state index contributed by atoms with van der Waals surface area (Å²) >= 11 is 0. The normalized spacial score (nSPS) is 9.50. The molecule has 0 radical (unpaired) electrons. The fourth-order valence-electron chi connectivity index (χ4n) is 1.17. The molecule has 106 valence electrons. The SMILES string of the molecule is Nc1cc(F)ccc1O.O=[N+]([O-])c1cc(F)ccc1O. The highest BCUT2D eigenvalue weighted by molar-refractivity contribution is 5.51. The number of hydrogen-bond acceptors (Lipinski definition) is 5. The standard InChI is InChI=1S/C6H4FNO3.C6H6FNO/c7-4-1-2-6(9)5(3-4)8(10)11;7-4-1-2-6(9)5(8)3-4/h1-3,9H;1-3,9H,8H2. The zero-order valence-corrected chi connectivity index (χ0v) is 9.96. The van der Waals surface area contributed by atoms with E-state index in [0.29, 0.717) is 6.07 Å². The largest absolute Gasteiger partial charge is 0.506 e. The molecule has 0 amide bonds. The first-order valence-electron chi connectivity index (χ1n) is 5.18. The molecule has 0 fully saturated rings. The summed E-state index contributed by atoms with van der Waals surface area (Å²) in [7, 11) is 0. The molecule has 0 unspecified atom stereocenters. The van der Waals surface area contributed by atoms with E-state index >= 15 is 0 Å². The van der Waals surface area contributed by atoms with E-state index in [2.05, 4.69) is 0 Å². The topological polar surface area (TPSA) is 110 Å². The Labute approximate surface area is 111 Å². The zero-order valence-electron chi connectivity index (χ0n) is 9.96. The van der Waals surface area contributed by atoms with Crippen molar-refractivity contribution in [1.82, 2.24) is 0 Å². The van der Waals surface area contributed by atoms with Crippen molar-refractivity contribution in [2.24, 2.45) is 0 Å². The van der Waals surface area contributed by atoms with Gasteiger partial charge in [-0.05, 0) is 24.3 Å². The summed E-state index contributed by atoms with van der Waals surface area (Å²) in [4.78, 5) is 9.20. The van der Waals surface area contributed by atoms with Crippen LogP contribution in [0, 0.1) is 21.7 Å². The monoisotopic (exact) mass is 284 g/mol. The summed E-state index contributed by atoms with van der Waals surface area (Å²) in [6.07, 6.45) is 0. The van der Waals surface area contributed by atoms with Crippen molar-refractivity contribution in [1.29, 1.82) is 0 Å². The van der Waals surface area contributed by atoms with Gasteiger partial charge in [-0.2, -0.15) is 0 Å². The van der Waals surface area contributed by atoms with Gasteiger partial charge in [0.15, 0.2) is 5.75 Å². The van der Waals surface area contributed by atoms with E-state index in [-0.39, 0.29) is 11.4 Å². The maximum absolute atomic E-state index is 12.3. The molecule has 0 aliphatic rings. The molecular formula is C12H10F2N2O4. The maximum Gasteiger partial charge on any atom is 0.313 e. The lowest BCUT2D eigenvalue weighted by Gasteiger charge is -1.94. The van der Waals surface area contributed by atoms with Crippen LogP contribution in [0.4, 0.5) is 20.2 Å². The van der Waals surface area contributed by atoms with E-state index in [4.69, 9.17) is 15.9 Å². The highest BCUT2D eigenvalue weighted by atomic mass is 19.1. The van der Waals surface area contributed by atoms with Crippen molar-refractivity contribution >= 4 is 11.4 Å². The van der Waals surface area contributed by atoms with Crippen LogP contribution >= 0.6 is 0 Å². The minimum absolute atomic E-state index is 0.0648. The quantitative estimate of drug-likeness (QED) is 0.322. The van der Waals surface area contributed by atoms with Crippen LogP contribution < -0.4 is 5.73 Å². The Hall–Kier alpha value is -2.90. The van der Waals surface area contributed by atoms with E-state index in [1.54, 1.807) is 0 Å². The molecule has 2 aromatic rings. The third-order valence-electron chi connectivity index (χ3n) is 2.12. The third kappa shape index (κ3) is 4.09. The highest BCUT2D eigenvalue weighted by Crippen LogP contribution is 2.25. The Bertz CT molecular complexity index is 635. The van der Waals surface area contributed by atoms with Gasteiger partial charge in [0, 0.05) is 6.07 Å². The number of benzene rings is 2. The number of nitro benzene ring substituents is 1. The van der Waals surface area contributed by atoms with E-state index < -0.39 is 28.0 Å². The first kappa shape index (κ1) is 15.2. The van der Waals surface area contributed by atoms with Gasteiger partial charge in [-0.3, -0.25) is 10.1 Å². The molecule has 0 spiro atoms. The molecule has 0 aliphatic heterocycles. The van der Waals surface area contributed by atoms with Crippen molar-refractivity contribution in [3.8, 4) is 11.5 Å². The van der Waals surface area contributed by atoms with Gasteiger partial charge in [-0.25, -0.2) is 8.78 Å². The van der Waals surface area contributed by atoms with Crippen LogP contribution in [0.1, 0.15) is 0 Å². The summed E-state index contributed by atoms with van der Waals surface area (Å²) in [5.41, 5.74) is 4.58. The second-order valence-electron chi connectivity index (χ2n) is 3.59. The predicted molar refractivity (Wildman–Crippen MR) is 67.2 cm³/mol. The van der Waals surface area contributed by atoms with Gasteiger partial charge in [-0.1, -0.05) is 0 Å². The minimum Gasteiger partial charge on any atom is -0.506 e. The summed E-state index contributed by atoms with van der Waals surface area (Å²) < 4.78 is 24.4. The first-order valence-corrected chi connectivity index (χ1v) is 5.18. The van der Waals surface area contributed by atoms with Crippen molar-refractivity contribution in [3.63, 3.8) is 0 Å². The number of nitrogens with zero attached hydrogens (tertiary/aromatic N) is 1. The Morgan fingerprint density at radius 3 is 1.90 bits per heavy atom. The highest BCUT2D eigenvalue weighted by Gasteiger charge is 2.12. The van der Waals surface area contributed by atoms with Crippen LogP contribution in [0.2, 0.25) is 0 Å². The number of halogens is 2. The smallest absolute Gasteiger partial charge is 0.313 e. The van der Waals surface area contributed by atoms with Crippen LogP contribution in [0.3, 0.4) is 0 Å². The van der Waals surface area contributed by atoms with Gasteiger partial charge in [0.1, 0.15) is 17.4 Å². The maximum atomic E-state index is 12.3. The predicted octanol–water partition coefficient (Wildman–Crippen LogP) is 2.55. The molecule has 6 nitrogen and oxygen atoms in total. The number of phenolic OH excluding ortho intramolecular Hbond substituents is 2. The van der Waals surface area contributed by atoms with Gasteiger partial charge in [0.2, 0.25) is 0 Å². The van der Waals surface area contributed by atoms with E-state index in [0.717, 1.165) is 24.3 Å². The van der Waals surface area contributed by atoms with Gasteiger partial charge in [-0.15, -0.1) is 0 Å². The summed E-state index contributed by atoms with van der Waals surface area (Å²) in [5.74, 6) is -1.80. The summed E-state index contributed by atoms with van der Waals surface area (Å²) in [6, 6.07) is 5.97. The molecule has 4 N–H and O–H groups in total. The third-order valence-corrected chi connectivity index (χ3v) is 2.12. The molecule has 20 heavy (non-hydrogen) atoms. The first-order chi connectivity index (χ1) is 9.31. The van der Waals surface area contributed by atoms with Gasteiger partial charge < -0.3 is 15.9 Å². The van der Waals surface area contributed by atoms with Crippen molar-refractivity contribution in [2.45, 2.75) is 0 Å². The molecular weight excluding hydrogens is 274 g/mol. The molecule has 2 rings (SSSR count). The number of aromatic hydroxyl groups is 2. The lowest BCUT2D eigenvalue weighted by molar-refractivity contribution is -0.386. The molecule has 0 saturated carbocycles. The number of nitrogen functional groups attached to an aromatic ring is 1. The fourth-order valence-corrected chi connectivity index (χ4v) is 1.17. The van der Waals surface area contributed by atoms with E-state index in [1.807, 2.05) is 0 Å². The molecule has 0 atom stereocenters. The Morgan fingerprint density at radius 1 is 1.00 bits per heavy atom. The van der Waals surface area contributed by atoms with E-state index in [1.165, 1.54) is 6.07 Å². The van der Waals surface area contributed by atoms with Crippen molar-refractivity contribution < 1.29 is 23.9 Å². The van der Waals surface area contributed by atoms with Crippen LogP contribution in [0.25, 0.3) is 0 Å². The molecule has 0 heterocycles. The number of nitro groups is 1. The van der Waals surface area contributed by atoms with Crippen LogP contribution in [-0.4, -0.2) is 15.1 Å². The zero-order chi connectivity index (χ0) is 15.3. The molecule has 0 bridgehead atoms. The molecule has 8 heteroatoms. The van der Waals surface area contributed by atoms with Crippen LogP contribution in [0.5, 0.6) is 11.5 Å². The summed E-state index contributed by atoms with van der Waals surface area (Å²) in [6.45, 7) is 0. The van der Waals surface area contributed by atoms with Crippen molar-refractivity contribution in [3.05, 3.63) is 58.1 Å². The van der Waals surface area contributed by atoms with Gasteiger partial charge in [0.25, 0.3) is 0 Å². The lowest BCUT2D eigenvalue weighted by Crippen LogP contribution is -1.88. The Morgan fingerprint density at radius 2 is 1.50 bits per heavy atom. The number of hydrogen-bond donors (Lipinski definition) is 3. The van der Waals surface area contributed by atoms with Gasteiger partial charge in [0.05, 0.1) is 16.7 Å². The molecule has 0 aliphatic carbocycles. The number of nitrogens with two attached hydrogens (primary N) is 1. The van der Waals surface area contributed by atoms with Gasteiger partial charge >= 0.3 is 5.69 Å². The van der Waals surface area contributed by atoms with Crippen molar-refractivity contribution in [2.75, 3.05) is 5.73 Å². The molecule has 0 aromatic heterocycles. The van der Waals surface area contributed by atoms with E-state index in [9.17, 15) is 18.9 Å². The Balaban J connectivity index is 0.000000204. The van der Waals surface area contributed by atoms with Crippen LogP contribution in [0.15, 0.2) is 36.4 Å². The summed E-state index contributed by atoms with van der Waals surface area (Å²) in [5, 5.41) is 27.6. The fraction of sp³-hybridized carbons (Fsp3) is 0. The second kappa shape index (κ2) is 6.32. The number of phenols is 2. The van der Waals surface area contributed by atoms with Crippen LogP contribution in [-0.2, 0) is 0 Å². The average Bonchev–Trinajstić information content (AvgIpc) is 2.38. The number of rotatable bonds is 1. The second-order valence-corrected chi connectivity index (χ2v) is 3.59. The average molecular weight is 284 g/mol. The number of anilines is 1. The Kier molecular flexibility index (Phi) is 4.79. The molecule has 2 aromatic carbocycles. The molecule has 0 saturated heterocycles. The minimum atomic E-state index is -0.849.